The summed E-state index contributed by atoms with van der Waals surface area (Å²) in [7, 11) is -2.42. The first-order chi connectivity index (χ1) is 16.4. The Hall–Kier alpha value is -2.78. The van der Waals surface area contributed by atoms with Crippen molar-refractivity contribution in [2.75, 3.05) is 24.2 Å². The van der Waals surface area contributed by atoms with Crippen molar-refractivity contribution in [3.63, 3.8) is 0 Å². The second-order valence-electron chi connectivity index (χ2n) is 8.68. The molecule has 0 heterocycles. The summed E-state index contributed by atoms with van der Waals surface area (Å²) < 4.78 is 32.0. The first kappa shape index (κ1) is 28.5. The number of aryl methyl sites for hydroxylation is 1. The molecule has 0 aliphatic carbocycles. The van der Waals surface area contributed by atoms with Crippen molar-refractivity contribution in [3.8, 4) is 5.75 Å². The van der Waals surface area contributed by atoms with Gasteiger partial charge >= 0.3 is 0 Å². The van der Waals surface area contributed by atoms with Crippen LogP contribution in [0, 0.1) is 6.92 Å². The summed E-state index contributed by atoms with van der Waals surface area (Å²) in [4.78, 5) is 28.1. The van der Waals surface area contributed by atoms with Gasteiger partial charge in [0.1, 0.15) is 18.3 Å². The Labute approximate surface area is 213 Å². The number of anilines is 1. The molecule has 1 atom stereocenters. The fourth-order valence-corrected chi connectivity index (χ4v) is 4.65. The second kappa shape index (κ2) is 12.3. The molecule has 0 aromatic heterocycles. The lowest BCUT2D eigenvalue weighted by molar-refractivity contribution is -0.140. The largest absolute Gasteiger partial charge is 0.495 e. The highest BCUT2D eigenvalue weighted by molar-refractivity contribution is 7.92. The lowest BCUT2D eigenvalue weighted by atomic mass is 10.1. The van der Waals surface area contributed by atoms with Crippen LogP contribution in [0.25, 0.3) is 0 Å². The Kier molecular flexibility index (Phi) is 9.97. The molecule has 0 saturated heterocycles. The van der Waals surface area contributed by atoms with Gasteiger partial charge in [0.25, 0.3) is 0 Å². The van der Waals surface area contributed by atoms with E-state index in [1.165, 1.54) is 12.0 Å². The molecule has 0 aliphatic rings. The third-order valence-electron chi connectivity index (χ3n) is 5.37. The molecule has 0 saturated carbocycles. The van der Waals surface area contributed by atoms with Crippen molar-refractivity contribution in [2.45, 2.75) is 52.7 Å². The number of carbonyl (C=O) groups is 2. The molecular weight excluding hydrogens is 490 g/mol. The molecule has 2 rings (SSSR count). The van der Waals surface area contributed by atoms with Crippen molar-refractivity contribution in [1.82, 2.24) is 10.2 Å². The van der Waals surface area contributed by atoms with Crippen LogP contribution in [0.5, 0.6) is 5.75 Å². The number of sulfonamides is 1. The smallest absolute Gasteiger partial charge is 0.244 e. The molecule has 0 spiro atoms. The Morgan fingerprint density at radius 3 is 2.26 bits per heavy atom. The number of benzene rings is 2. The van der Waals surface area contributed by atoms with Crippen molar-refractivity contribution >= 4 is 39.1 Å². The van der Waals surface area contributed by atoms with Gasteiger partial charge in [-0.3, -0.25) is 13.9 Å². The highest BCUT2D eigenvalue weighted by Crippen LogP contribution is 2.31. The number of halogens is 1. The van der Waals surface area contributed by atoms with Crippen molar-refractivity contribution in [3.05, 3.63) is 58.6 Å². The Balaban J connectivity index is 2.50. The first-order valence-corrected chi connectivity index (χ1v) is 13.6. The van der Waals surface area contributed by atoms with E-state index in [0.29, 0.717) is 17.2 Å². The summed E-state index contributed by atoms with van der Waals surface area (Å²) >= 11 is 6.01. The van der Waals surface area contributed by atoms with Gasteiger partial charge in [0.2, 0.25) is 21.8 Å². The fourth-order valence-electron chi connectivity index (χ4n) is 3.68. The lowest BCUT2D eigenvalue weighted by Crippen LogP contribution is -2.53. The van der Waals surface area contributed by atoms with Crippen LogP contribution in [0.4, 0.5) is 5.69 Å². The zero-order valence-electron chi connectivity index (χ0n) is 21.0. The summed E-state index contributed by atoms with van der Waals surface area (Å²) in [5.41, 5.74) is 1.83. The minimum Gasteiger partial charge on any atom is -0.495 e. The molecule has 35 heavy (non-hydrogen) atoms. The maximum atomic E-state index is 13.7. The molecule has 2 amide bonds. The van der Waals surface area contributed by atoms with E-state index in [2.05, 4.69) is 5.32 Å². The minimum absolute atomic E-state index is 0.114. The molecule has 1 N–H and O–H groups in total. The van der Waals surface area contributed by atoms with Crippen LogP contribution in [0.1, 0.15) is 38.3 Å². The number of rotatable bonds is 11. The summed E-state index contributed by atoms with van der Waals surface area (Å²) in [6, 6.07) is 11.1. The minimum atomic E-state index is -3.86. The van der Waals surface area contributed by atoms with Gasteiger partial charge in [-0.25, -0.2) is 8.42 Å². The summed E-state index contributed by atoms with van der Waals surface area (Å²) in [5.74, 6) is -0.494. The second-order valence-corrected chi connectivity index (χ2v) is 11.0. The molecule has 2 aromatic rings. The molecule has 0 bridgehead atoms. The Morgan fingerprint density at radius 2 is 1.74 bits per heavy atom. The number of hydrogen-bond donors (Lipinski definition) is 1. The van der Waals surface area contributed by atoms with E-state index in [4.69, 9.17) is 16.3 Å². The van der Waals surface area contributed by atoms with Crippen LogP contribution in [-0.4, -0.2) is 57.1 Å². The normalized spacial score (nSPS) is 12.2. The van der Waals surface area contributed by atoms with Gasteiger partial charge in [0.05, 0.1) is 19.1 Å². The highest BCUT2D eigenvalue weighted by Gasteiger charge is 2.32. The Bertz CT molecular complexity index is 1140. The highest BCUT2D eigenvalue weighted by atomic mass is 35.5. The van der Waals surface area contributed by atoms with E-state index >= 15 is 0 Å². The van der Waals surface area contributed by atoms with E-state index in [1.807, 2.05) is 27.7 Å². The first-order valence-electron chi connectivity index (χ1n) is 11.3. The molecule has 0 aliphatic heterocycles. The van der Waals surface area contributed by atoms with Gasteiger partial charge in [-0.15, -0.1) is 0 Å². The van der Waals surface area contributed by atoms with Gasteiger partial charge in [-0.1, -0.05) is 36.7 Å². The van der Waals surface area contributed by atoms with E-state index in [0.717, 1.165) is 21.7 Å². The number of nitrogens with zero attached hydrogens (tertiary/aromatic N) is 2. The van der Waals surface area contributed by atoms with Gasteiger partial charge in [0, 0.05) is 17.6 Å². The molecule has 10 heteroatoms. The van der Waals surface area contributed by atoms with Crippen LogP contribution in [0.2, 0.25) is 5.02 Å². The van der Waals surface area contributed by atoms with Crippen LogP contribution >= 0.6 is 11.6 Å². The summed E-state index contributed by atoms with van der Waals surface area (Å²) in [6.45, 7) is 6.93. The quantitative estimate of drug-likeness (QED) is 0.484. The standard InChI is InChI=1S/C25H34ClN3O5S/c1-7-21(25(31)27-17(2)3)28(15-19-9-11-20(26)12-10-19)24(30)16-29(35(6,32)33)22-14-18(4)8-13-23(22)34-5/h8-14,17,21H,7,15-16H2,1-6H3,(H,27,31). The van der Waals surface area contributed by atoms with Crippen molar-refractivity contribution < 1.29 is 22.7 Å². The monoisotopic (exact) mass is 523 g/mol. The maximum absolute atomic E-state index is 13.7. The van der Waals surface area contributed by atoms with Crippen LogP contribution in [0.3, 0.4) is 0 Å². The molecule has 2 aromatic carbocycles. The zero-order valence-corrected chi connectivity index (χ0v) is 22.6. The number of nitrogens with one attached hydrogen (secondary N) is 1. The van der Waals surface area contributed by atoms with Crippen LogP contribution in [0.15, 0.2) is 42.5 Å². The zero-order chi connectivity index (χ0) is 26.3. The van der Waals surface area contributed by atoms with Crippen molar-refractivity contribution in [2.24, 2.45) is 0 Å². The lowest BCUT2D eigenvalue weighted by Gasteiger charge is -2.33. The van der Waals surface area contributed by atoms with Crippen molar-refractivity contribution in [1.29, 1.82) is 0 Å². The topological polar surface area (TPSA) is 96.0 Å². The molecule has 1 unspecified atom stereocenters. The van der Waals surface area contributed by atoms with Crippen LogP contribution in [-0.2, 0) is 26.2 Å². The maximum Gasteiger partial charge on any atom is 0.244 e. The summed E-state index contributed by atoms with van der Waals surface area (Å²) in [5, 5.41) is 3.41. The third-order valence-corrected chi connectivity index (χ3v) is 6.74. The predicted molar refractivity (Wildman–Crippen MR) is 139 cm³/mol. The van der Waals surface area contributed by atoms with Gasteiger partial charge < -0.3 is 15.0 Å². The number of methoxy groups -OCH3 is 1. The fraction of sp³-hybridized carbons (Fsp3) is 0.440. The van der Waals surface area contributed by atoms with E-state index in [-0.39, 0.29) is 24.2 Å². The molecule has 0 radical (unpaired) electrons. The molecule has 192 valence electrons. The number of hydrogen-bond acceptors (Lipinski definition) is 5. The Morgan fingerprint density at radius 1 is 1.11 bits per heavy atom. The molecule has 8 nitrogen and oxygen atoms in total. The third kappa shape index (κ3) is 7.86. The van der Waals surface area contributed by atoms with Gasteiger partial charge in [0.15, 0.2) is 0 Å². The SMILES string of the molecule is CCC(C(=O)NC(C)C)N(Cc1ccc(Cl)cc1)C(=O)CN(c1cc(C)ccc1OC)S(C)(=O)=O. The van der Waals surface area contributed by atoms with Crippen LogP contribution < -0.4 is 14.4 Å². The molecular formula is C25H34ClN3O5S. The van der Waals surface area contributed by atoms with E-state index in [9.17, 15) is 18.0 Å². The number of ether oxygens (including phenoxy) is 1. The number of carbonyl (C=O) groups excluding carboxylic acids is 2. The van der Waals surface area contributed by atoms with Gasteiger partial charge in [-0.05, 0) is 62.6 Å². The number of amides is 2. The summed E-state index contributed by atoms with van der Waals surface area (Å²) in [6.07, 6.45) is 1.39. The average Bonchev–Trinajstić information content (AvgIpc) is 2.77. The van der Waals surface area contributed by atoms with E-state index < -0.39 is 28.5 Å². The predicted octanol–water partition coefficient (Wildman–Crippen LogP) is 3.76. The van der Waals surface area contributed by atoms with Gasteiger partial charge in [-0.2, -0.15) is 0 Å². The molecule has 0 fully saturated rings. The average molecular weight is 524 g/mol. The van der Waals surface area contributed by atoms with E-state index in [1.54, 1.807) is 42.5 Å².